The molecule has 0 saturated carbocycles. The van der Waals surface area contributed by atoms with E-state index in [9.17, 15) is 9.59 Å². The van der Waals surface area contributed by atoms with Crippen molar-refractivity contribution in [1.82, 2.24) is 19.8 Å². The van der Waals surface area contributed by atoms with Crippen molar-refractivity contribution in [3.63, 3.8) is 0 Å². The first kappa shape index (κ1) is 15.4. The minimum atomic E-state index is -0.379. The van der Waals surface area contributed by atoms with Gasteiger partial charge in [-0.1, -0.05) is 11.6 Å². The van der Waals surface area contributed by atoms with Crippen LogP contribution in [0.4, 0.5) is 0 Å². The van der Waals surface area contributed by atoms with Crippen molar-refractivity contribution in [3.05, 3.63) is 23.2 Å². The molecule has 1 aromatic rings. The molecule has 0 aliphatic carbocycles. The second-order valence-corrected chi connectivity index (χ2v) is 4.34. The summed E-state index contributed by atoms with van der Waals surface area (Å²) in [5.41, 5.74) is 0.127. The van der Waals surface area contributed by atoms with Gasteiger partial charge in [-0.3, -0.25) is 14.6 Å². The molecule has 0 spiro atoms. The minimum Gasteiger partial charge on any atom is -0.342 e. The number of nitrogens with zero attached hydrogens (tertiary/aromatic N) is 4. The van der Waals surface area contributed by atoms with Crippen molar-refractivity contribution >= 4 is 23.4 Å². The molecule has 1 rings (SSSR count). The molecule has 6 nitrogen and oxygen atoms in total. The predicted octanol–water partition coefficient (Wildman–Crippen LogP) is 1.07. The lowest BCUT2D eigenvalue weighted by Crippen LogP contribution is -2.41. The van der Waals surface area contributed by atoms with E-state index in [0.717, 1.165) is 0 Å². The standard InChI is InChI=1S/C12H17ClN4O2/c1-4-17(5-2)11(18)8-16(3)12(19)9-6-14-7-10(13)15-9/h6-7H,4-5,8H2,1-3H3. The van der Waals surface area contributed by atoms with Crippen molar-refractivity contribution in [2.24, 2.45) is 0 Å². The number of aromatic nitrogens is 2. The van der Waals surface area contributed by atoms with Gasteiger partial charge in [0.15, 0.2) is 0 Å². The Bertz CT molecular complexity index is 463. The Morgan fingerprint density at radius 2 is 1.89 bits per heavy atom. The normalized spacial score (nSPS) is 10.1. The van der Waals surface area contributed by atoms with Crippen LogP contribution in [0, 0.1) is 0 Å². The topological polar surface area (TPSA) is 66.4 Å². The largest absolute Gasteiger partial charge is 0.342 e. The van der Waals surface area contributed by atoms with E-state index in [-0.39, 0.29) is 29.2 Å². The van der Waals surface area contributed by atoms with Gasteiger partial charge in [-0.15, -0.1) is 0 Å². The Labute approximate surface area is 117 Å². The molecule has 0 aliphatic rings. The zero-order valence-electron chi connectivity index (χ0n) is 11.3. The van der Waals surface area contributed by atoms with E-state index in [1.54, 1.807) is 11.9 Å². The highest BCUT2D eigenvalue weighted by Gasteiger charge is 2.19. The molecule has 0 aliphatic heterocycles. The second kappa shape index (κ2) is 7.04. The number of rotatable bonds is 5. The van der Waals surface area contributed by atoms with Gasteiger partial charge in [0.05, 0.1) is 18.9 Å². The van der Waals surface area contributed by atoms with Crippen molar-refractivity contribution in [2.45, 2.75) is 13.8 Å². The van der Waals surface area contributed by atoms with Crippen molar-refractivity contribution in [3.8, 4) is 0 Å². The van der Waals surface area contributed by atoms with E-state index in [1.165, 1.54) is 17.3 Å². The first-order chi connectivity index (χ1) is 8.99. The van der Waals surface area contributed by atoms with Crippen LogP contribution in [-0.2, 0) is 4.79 Å². The number of likely N-dealkylation sites (N-methyl/N-ethyl adjacent to an activating group) is 2. The van der Waals surface area contributed by atoms with Gasteiger partial charge in [0.25, 0.3) is 5.91 Å². The van der Waals surface area contributed by atoms with E-state index in [1.807, 2.05) is 13.8 Å². The number of carbonyl (C=O) groups excluding carboxylic acids is 2. The molecule has 0 unspecified atom stereocenters. The van der Waals surface area contributed by atoms with Gasteiger partial charge < -0.3 is 9.80 Å². The van der Waals surface area contributed by atoms with E-state index in [4.69, 9.17) is 11.6 Å². The lowest BCUT2D eigenvalue weighted by Gasteiger charge is -2.22. The second-order valence-electron chi connectivity index (χ2n) is 3.95. The van der Waals surface area contributed by atoms with Gasteiger partial charge in [0.1, 0.15) is 10.8 Å². The summed E-state index contributed by atoms with van der Waals surface area (Å²) in [5.74, 6) is -0.480. The first-order valence-electron chi connectivity index (χ1n) is 6.00. The highest BCUT2D eigenvalue weighted by molar-refractivity contribution is 6.29. The van der Waals surface area contributed by atoms with E-state index < -0.39 is 0 Å². The summed E-state index contributed by atoms with van der Waals surface area (Å²) < 4.78 is 0. The van der Waals surface area contributed by atoms with Crippen LogP contribution in [0.25, 0.3) is 0 Å². The summed E-state index contributed by atoms with van der Waals surface area (Å²) in [6.45, 7) is 5.04. The Balaban J connectivity index is 2.70. The fourth-order valence-corrected chi connectivity index (χ4v) is 1.74. The molecule has 2 amide bonds. The Kier molecular flexibility index (Phi) is 5.69. The van der Waals surface area contributed by atoms with Crippen LogP contribution < -0.4 is 0 Å². The summed E-state index contributed by atoms with van der Waals surface area (Å²) in [6, 6.07) is 0. The highest BCUT2D eigenvalue weighted by Crippen LogP contribution is 2.05. The van der Waals surface area contributed by atoms with Gasteiger partial charge in [0, 0.05) is 20.1 Å². The number of amides is 2. The number of hydrogen-bond acceptors (Lipinski definition) is 4. The average Bonchev–Trinajstić information content (AvgIpc) is 2.39. The van der Waals surface area contributed by atoms with Crippen molar-refractivity contribution in [1.29, 1.82) is 0 Å². The number of carbonyl (C=O) groups is 2. The molecule has 1 heterocycles. The Morgan fingerprint density at radius 3 is 2.42 bits per heavy atom. The molecule has 104 valence electrons. The molecule has 0 radical (unpaired) electrons. The zero-order valence-corrected chi connectivity index (χ0v) is 12.0. The third-order valence-corrected chi connectivity index (χ3v) is 2.84. The molecule has 0 fully saturated rings. The lowest BCUT2D eigenvalue weighted by atomic mass is 10.3. The third kappa shape index (κ3) is 4.17. The van der Waals surface area contributed by atoms with Crippen LogP contribution in [0.15, 0.2) is 12.4 Å². The van der Waals surface area contributed by atoms with Crippen LogP contribution in [0.1, 0.15) is 24.3 Å². The van der Waals surface area contributed by atoms with E-state index >= 15 is 0 Å². The summed E-state index contributed by atoms with van der Waals surface area (Å²) in [5, 5.41) is 0.148. The molecule has 7 heteroatoms. The molecule has 0 aromatic carbocycles. The minimum absolute atomic E-state index is 0.00864. The summed E-state index contributed by atoms with van der Waals surface area (Å²) >= 11 is 5.68. The van der Waals surface area contributed by atoms with E-state index in [0.29, 0.717) is 13.1 Å². The molecule has 19 heavy (non-hydrogen) atoms. The maximum Gasteiger partial charge on any atom is 0.274 e. The fraction of sp³-hybridized carbons (Fsp3) is 0.500. The van der Waals surface area contributed by atoms with Crippen molar-refractivity contribution in [2.75, 3.05) is 26.7 Å². The van der Waals surface area contributed by atoms with Crippen LogP contribution >= 0.6 is 11.6 Å². The van der Waals surface area contributed by atoms with Crippen LogP contribution in [0.2, 0.25) is 5.15 Å². The fourth-order valence-electron chi connectivity index (χ4n) is 1.59. The molecular weight excluding hydrogens is 268 g/mol. The van der Waals surface area contributed by atoms with Crippen LogP contribution in [0.5, 0.6) is 0 Å². The first-order valence-corrected chi connectivity index (χ1v) is 6.38. The smallest absolute Gasteiger partial charge is 0.274 e. The molecule has 0 N–H and O–H groups in total. The Hall–Kier alpha value is -1.69. The number of halogens is 1. The monoisotopic (exact) mass is 284 g/mol. The molecule has 0 saturated heterocycles. The van der Waals surface area contributed by atoms with Crippen LogP contribution in [0.3, 0.4) is 0 Å². The van der Waals surface area contributed by atoms with Gasteiger partial charge in [0.2, 0.25) is 5.91 Å². The zero-order chi connectivity index (χ0) is 14.4. The molecule has 0 bridgehead atoms. The maximum absolute atomic E-state index is 12.0. The molecule has 0 atom stereocenters. The molecular formula is C12H17ClN4O2. The van der Waals surface area contributed by atoms with Gasteiger partial charge in [-0.2, -0.15) is 0 Å². The Morgan fingerprint density at radius 1 is 1.26 bits per heavy atom. The highest BCUT2D eigenvalue weighted by atomic mass is 35.5. The van der Waals surface area contributed by atoms with Crippen molar-refractivity contribution < 1.29 is 9.59 Å². The molecule has 1 aromatic heterocycles. The predicted molar refractivity (Wildman–Crippen MR) is 71.9 cm³/mol. The van der Waals surface area contributed by atoms with Gasteiger partial charge in [-0.25, -0.2) is 4.98 Å². The number of hydrogen-bond donors (Lipinski definition) is 0. The van der Waals surface area contributed by atoms with E-state index in [2.05, 4.69) is 9.97 Å². The summed E-state index contributed by atoms with van der Waals surface area (Å²) in [4.78, 5) is 34.6. The summed E-state index contributed by atoms with van der Waals surface area (Å²) in [6.07, 6.45) is 2.67. The lowest BCUT2D eigenvalue weighted by molar-refractivity contribution is -0.131. The summed E-state index contributed by atoms with van der Waals surface area (Å²) in [7, 11) is 1.55. The quantitative estimate of drug-likeness (QED) is 0.811. The maximum atomic E-state index is 12.0. The SMILES string of the molecule is CCN(CC)C(=O)CN(C)C(=O)c1cncc(Cl)n1. The van der Waals surface area contributed by atoms with Gasteiger partial charge >= 0.3 is 0 Å². The van der Waals surface area contributed by atoms with Gasteiger partial charge in [-0.05, 0) is 13.8 Å². The van der Waals surface area contributed by atoms with Crippen LogP contribution in [-0.4, -0.2) is 58.3 Å². The third-order valence-electron chi connectivity index (χ3n) is 2.66. The average molecular weight is 285 g/mol.